The van der Waals surface area contributed by atoms with Crippen molar-refractivity contribution in [3.63, 3.8) is 0 Å². The zero-order valence-electron chi connectivity index (χ0n) is 14.3. The predicted octanol–water partition coefficient (Wildman–Crippen LogP) is 1.96. The number of hydrogen-bond acceptors (Lipinski definition) is 3. The number of hydrogen-bond donors (Lipinski definition) is 2. The third kappa shape index (κ3) is 7.31. The maximum absolute atomic E-state index is 5.64. The summed E-state index contributed by atoms with van der Waals surface area (Å²) in [5.74, 6) is 1.71. The second kappa shape index (κ2) is 10.9. The lowest BCUT2D eigenvalue weighted by molar-refractivity contribution is 0.237. The van der Waals surface area contributed by atoms with Gasteiger partial charge in [0.1, 0.15) is 12.4 Å². The van der Waals surface area contributed by atoms with Gasteiger partial charge in [-0.05, 0) is 32.5 Å². The van der Waals surface area contributed by atoms with Gasteiger partial charge >= 0.3 is 0 Å². The van der Waals surface area contributed by atoms with Gasteiger partial charge in [0.25, 0.3) is 0 Å². The molecule has 1 aromatic carbocycles. The molecular weight excluding hydrogens is 276 g/mol. The highest BCUT2D eigenvalue weighted by Gasteiger charge is 2.06. The van der Waals surface area contributed by atoms with Gasteiger partial charge in [-0.25, -0.2) is 0 Å². The Labute approximate surface area is 134 Å². The van der Waals surface area contributed by atoms with Gasteiger partial charge in [0, 0.05) is 26.2 Å². The Morgan fingerprint density at radius 2 is 1.86 bits per heavy atom. The molecule has 5 nitrogen and oxygen atoms in total. The lowest BCUT2D eigenvalue weighted by Gasteiger charge is -2.25. The summed E-state index contributed by atoms with van der Waals surface area (Å²) in [6.45, 7) is 10.9. The maximum Gasteiger partial charge on any atom is 0.191 e. The first-order valence-corrected chi connectivity index (χ1v) is 8.03. The van der Waals surface area contributed by atoms with E-state index in [1.807, 2.05) is 30.3 Å². The topological polar surface area (TPSA) is 48.9 Å². The van der Waals surface area contributed by atoms with Crippen molar-refractivity contribution in [3.05, 3.63) is 30.3 Å². The molecule has 2 N–H and O–H groups in total. The molecule has 5 heteroatoms. The van der Waals surface area contributed by atoms with E-state index in [1.54, 1.807) is 7.05 Å². The molecule has 0 aliphatic carbocycles. The molecule has 1 aromatic rings. The van der Waals surface area contributed by atoms with E-state index in [9.17, 15) is 0 Å². The first-order chi connectivity index (χ1) is 10.7. The molecule has 0 bridgehead atoms. The van der Waals surface area contributed by atoms with Gasteiger partial charge in [0.05, 0.1) is 6.54 Å². The van der Waals surface area contributed by atoms with Crippen LogP contribution in [0.5, 0.6) is 5.75 Å². The summed E-state index contributed by atoms with van der Waals surface area (Å²) in [4.78, 5) is 6.64. The number of para-hydroxylation sites is 1. The molecule has 0 spiro atoms. The van der Waals surface area contributed by atoms with Gasteiger partial charge in [-0.1, -0.05) is 25.1 Å². The second-order valence-corrected chi connectivity index (χ2v) is 5.31. The van der Waals surface area contributed by atoms with Crippen LogP contribution in [0.1, 0.15) is 20.8 Å². The Balaban J connectivity index is 2.17. The third-order valence-corrected chi connectivity index (χ3v) is 3.46. The van der Waals surface area contributed by atoms with Crippen molar-refractivity contribution in [3.8, 4) is 5.75 Å². The smallest absolute Gasteiger partial charge is 0.191 e. The van der Waals surface area contributed by atoms with Gasteiger partial charge in [-0.2, -0.15) is 0 Å². The molecule has 0 aromatic heterocycles. The predicted molar refractivity (Wildman–Crippen MR) is 93.7 cm³/mol. The van der Waals surface area contributed by atoms with Crippen molar-refractivity contribution in [2.75, 3.05) is 39.8 Å². The van der Waals surface area contributed by atoms with E-state index in [4.69, 9.17) is 4.74 Å². The minimum Gasteiger partial charge on any atom is -0.492 e. The minimum atomic E-state index is 0.570. The first-order valence-electron chi connectivity index (χ1n) is 8.03. The molecule has 0 saturated heterocycles. The van der Waals surface area contributed by atoms with E-state index < -0.39 is 0 Å². The average molecular weight is 306 g/mol. The summed E-state index contributed by atoms with van der Waals surface area (Å²) < 4.78 is 5.64. The Kier molecular flexibility index (Phi) is 9.07. The molecule has 0 fully saturated rings. The summed E-state index contributed by atoms with van der Waals surface area (Å²) >= 11 is 0. The summed E-state index contributed by atoms with van der Waals surface area (Å²) in [6.07, 6.45) is 0. The number of ether oxygens (including phenoxy) is 1. The lowest BCUT2D eigenvalue weighted by atomic mass is 10.3. The van der Waals surface area contributed by atoms with Crippen LogP contribution < -0.4 is 15.4 Å². The summed E-state index contributed by atoms with van der Waals surface area (Å²) in [7, 11) is 1.79. The number of aliphatic imine (C=N–C) groups is 1. The largest absolute Gasteiger partial charge is 0.492 e. The second-order valence-electron chi connectivity index (χ2n) is 5.31. The highest BCUT2D eigenvalue weighted by molar-refractivity contribution is 5.79. The van der Waals surface area contributed by atoms with Crippen molar-refractivity contribution in [2.45, 2.75) is 26.8 Å². The average Bonchev–Trinajstić information content (AvgIpc) is 2.54. The SMILES string of the molecule is CCN(CCNC(=NC)NCCOc1ccccc1)C(C)C. The number of benzene rings is 1. The summed E-state index contributed by atoms with van der Waals surface area (Å²) in [6, 6.07) is 10.4. The van der Waals surface area contributed by atoms with Crippen LogP contribution in [0.4, 0.5) is 0 Å². The number of likely N-dealkylation sites (N-methyl/N-ethyl adjacent to an activating group) is 1. The first kappa shape index (κ1) is 18.3. The number of rotatable bonds is 9. The highest BCUT2D eigenvalue weighted by atomic mass is 16.5. The standard InChI is InChI=1S/C17H30N4O/c1-5-21(15(2)3)13-11-19-17(18-4)20-12-14-22-16-9-7-6-8-10-16/h6-10,15H,5,11-14H2,1-4H3,(H2,18,19,20). The van der Waals surface area contributed by atoms with Crippen molar-refractivity contribution < 1.29 is 4.74 Å². The van der Waals surface area contributed by atoms with Gasteiger partial charge in [-0.15, -0.1) is 0 Å². The van der Waals surface area contributed by atoms with E-state index in [-0.39, 0.29) is 0 Å². The van der Waals surface area contributed by atoms with Gasteiger partial charge in [0.15, 0.2) is 5.96 Å². The molecular formula is C17H30N4O. The normalized spacial score (nSPS) is 11.8. The number of guanidine groups is 1. The van der Waals surface area contributed by atoms with Crippen molar-refractivity contribution in [1.29, 1.82) is 0 Å². The molecule has 124 valence electrons. The van der Waals surface area contributed by atoms with Crippen LogP contribution in [-0.4, -0.2) is 56.7 Å². The van der Waals surface area contributed by atoms with Crippen molar-refractivity contribution in [2.24, 2.45) is 4.99 Å². The number of nitrogens with one attached hydrogen (secondary N) is 2. The van der Waals surface area contributed by atoms with E-state index >= 15 is 0 Å². The fourth-order valence-electron chi connectivity index (χ4n) is 2.18. The molecule has 0 radical (unpaired) electrons. The lowest BCUT2D eigenvalue weighted by Crippen LogP contribution is -2.44. The van der Waals surface area contributed by atoms with E-state index in [0.717, 1.165) is 37.9 Å². The summed E-state index contributed by atoms with van der Waals surface area (Å²) in [5, 5.41) is 6.59. The van der Waals surface area contributed by atoms with Crippen molar-refractivity contribution >= 4 is 5.96 Å². The highest BCUT2D eigenvalue weighted by Crippen LogP contribution is 2.07. The van der Waals surface area contributed by atoms with Gasteiger partial charge < -0.3 is 15.4 Å². The molecule has 0 heterocycles. The number of nitrogens with zero attached hydrogens (tertiary/aromatic N) is 2. The molecule has 0 aliphatic heterocycles. The molecule has 0 unspecified atom stereocenters. The minimum absolute atomic E-state index is 0.570. The van der Waals surface area contributed by atoms with Crippen LogP contribution >= 0.6 is 0 Å². The Hall–Kier alpha value is -1.75. The van der Waals surface area contributed by atoms with Crippen LogP contribution in [0.2, 0.25) is 0 Å². The third-order valence-electron chi connectivity index (χ3n) is 3.46. The quantitative estimate of drug-likeness (QED) is 0.416. The zero-order valence-corrected chi connectivity index (χ0v) is 14.3. The molecule has 22 heavy (non-hydrogen) atoms. The monoisotopic (exact) mass is 306 g/mol. The van der Waals surface area contributed by atoms with Gasteiger partial charge in [0.2, 0.25) is 0 Å². The van der Waals surface area contributed by atoms with E-state index in [2.05, 4.69) is 41.3 Å². The van der Waals surface area contributed by atoms with Crippen LogP contribution in [0, 0.1) is 0 Å². The van der Waals surface area contributed by atoms with E-state index in [0.29, 0.717) is 12.6 Å². The molecule has 0 aliphatic rings. The maximum atomic E-state index is 5.64. The zero-order chi connectivity index (χ0) is 16.2. The van der Waals surface area contributed by atoms with Crippen molar-refractivity contribution in [1.82, 2.24) is 15.5 Å². The molecule has 0 amide bonds. The molecule has 0 atom stereocenters. The van der Waals surface area contributed by atoms with Crippen LogP contribution in [-0.2, 0) is 0 Å². The molecule has 1 rings (SSSR count). The molecule has 0 saturated carbocycles. The van der Waals surface area contributed by atoms with Gasteiger partial charge in [-0.3, -0.25) is 9.89 Å². The van der Waals surface area contributed by atoms with Crippen LogP contribution in [0.15, 0.2) is 35.3 Å². The Morgan fingerprint density at radius 3 is 2.45 bits per heavy atom. The van der Waals surface area contributed by atoms with Crippen LogP contribution in [0.3, 0.4) is 0 Å². The van der Waals surface area contributed by atoms with E-state index in [1.165, 1.54) is 0 Å². The Morgan fingerprint density at radius 1 is 1.18 bits per heavy atom. The fraction of sp³-hybridized carbons (Fsp3) is 0.588. The Bertz CT molecular complexity index is 420. The van der Waals surface area contributed by atoms with Crippen LogP contribution in [0.25, 0.3) is 0 Å². The summed E-state index contributed by atoms with van der Waals surface area (Å²) in [5.41, 5.74) is 0. The fourth-order valence-corrected chi connectivity index (χ4v) is 2.18.